The second-order valence-electron chi connectivity index (χ2n) is 7.22. The summed E-state index contributed by atoms with van der Waals surface area (Å²) in [5, 5.41) is 0.414. The lowest BCUT2D eigenvalue weighted by Gasteiger charge is -2.20. The third-order valence-electron chi connectivity index (χ3n) is 4.78. The van der Waals surface area contributed by atoms with E-state index in [0.29, 0.717) is 10.8 Å². The first-order valence-electron chi connectivity index (χ1n) is 9.49. The fraction of sp³-hybridized carbons (Fsp3) is 0.174. The van der Waals surface area contributed by atoms with Crippen LogP contribution in [0, 0.1) is 13.8 Å². The van der Waals surface area contributed by atoms with Crippen LogP contribution in [0.1, 0.15) is 32.7 Å². The molecule has 2 aromatic heterocycles. The Morgan fingerprint density at radius 2 is 1.87 bits per heavy atom. The number of hydrogen-bond acceptors (Lipinski definition) is 4. The second-order valence-corrected chi connectivity index (χ2v) is 8.23. The highest BCUT2D eigenvalue weighted by molar-refractivity contribution is 7.22. The van der Waals surface area contributed by atoms with Crippen molar-refractivity contribution in [3.8, 4) is 0 Å². The molecular formula is C23H18F3N3OS. The van der Waals surface area contributed by atoms with E-state index in [4.69, 9.17) is 0 Å². The number of aromatic nitrogens is 2. The molecule has 4 aromatic rings. The Bertz CT molecular complexity index is 1250. The predicted octanol–water partition coefficient (Wildman–Crippen LogP) is 6.17. The Morgan fingerprint density at radius 3 is 2.58 bits per heavy atom. The molecule has 2 aromatic carbocycles. The fourth-order valence-electron chi connectivity index (χ4n) is 3.34. The number of pyridine rings is 1. The molecule has 0 aliphatic carbocycles. The van der Waals surface area contributed by atoms with Gasteiger partial charge >= 0.3 is 6.18 Å². The average Bonchev–Trinajstić information content (AvgIpc) is 3.16. The minimum Gasteiger partial charge on any atom is -0.278 e. The minimum atomic E-state index is -4.54. The van der Waals surface area contributed by atoms with Crippen LogP contribution in [0.4, 0.5) is 18.3 Å². The minimum absolute atomic E-state index is 0.0575. The van der Waals surface area contributed by atoms with E-state index in [1.54, 1.807) is 24.4 Å². The predicted molar refractivity (Wildman–Crippen MR) is 115 cm³/mol. The summed E-state index contributed by atoms with van der Waals surface area (Å²) in [7, 11) is 0. The fourth-order valence-corrected chi connectivity index (χ4v) is 4.48. The molecule has 0 saturated carbocycles. The number of carbonyl (C=O) groups is 1. The smallest absolute Gasteiger partial charge is 0.278 e. The maximum absolute atomic E-state index is 13.4. The summed E-state index contributed by atoms with van der Waals surface area (Å²) in [6.07, 6.45) is -2.93. The number of alkyl halides is 3. The van der Waals surface area contributed by atoms with Crippen LogP contribution in [0.5, 0.6) is 0 Å². The first-order valence-corrected chi connectivity index (χ1v) is 10.3. The standard InChI is InChI=1S/C23H18F3N3OS/c1-14-10-15(2)20-19(11-14)31-22(28-20)29(13-18-8-3-4-9-27-18)21(30)16-6-5-7-17(12-16)23(24,25)26/h3-12H,13H2,1-2H3. The van der Waals surface area contributed by atoms with Crippen LogP contribution in [-0.2, 0) is 12.7 Å². The summed E-state index contributed by atoms with van der Waals surface area (Å²) in [5.41, 5.74) is 2.50. The van der Waals surface area contributed by atoms with Crippen LogP contribution in [0.25, 0.3) is 10.2 Å². The summed E-state index contributed by atoms with van der Waals surface area (Å²) < 4.78 is 40.4. The summed E-state index contributed by atoms with van der Waals surface area (Å²) in [4.78, 5) is 23.6. The molecule has 0 atom stereocenters. The number of benzene rings is 2. The van der Waals surface area contributed by atoms with E-state index in [1.807, 2.05) is 26.0 Å². The molecule has 0 saturated heterocycles. The third kappa shape index (κ3) is 4.44. The van der Waals surface area contributed by atoms with Gasteiger partial charge in [0.05, 0.1) is 28.0 Å². The monoisotopic (exact) mass is 441 g/mol. The zero-order chi connectivity index (χ0) is 22.2. The summed E-state index contributed by atoms with van der Waals surface area (Å²) in [6, 6.07) is 13.7. The third-order valence-corrected chi connectivity index (χ3v) is 5.80. The first kappa shape index (κ1) is 21.0. The van der Waals surface area contributed by atoms with Gasteiger partial charge in [-0.1, -0.05) is 29.5 Å². The lowest BCUT2D eigenvalue weighted by molar-refractivity contribution is -0.137. The molecule has 1 amide bonds. The van der Waals surface area contributed by atoms with Crippen LogP contribution < -0.4 is 4.90 Å². The van der Waals surface area contributed by atoms with Crippen molar-refractivity contribution in [1.29, 1.82) is 0 Å². The van der Waals surface area contributed by atoms with E-state index in [1.165, 1.54) is 28.4 Å². The molecule has 0 unspecified atom stereocenters. The largest absolute Gasteiger partial charge is 0.416 e. The lowest BCUT2D eigenvalue weighted by atomic mass is 10.1. The van der Waals surface area contributed by atoms with E-state index >= 15 is 0 Å². The zero-order valence-corrected chi connectivity index (χ0v) is 17.6. The molecule has 0 spiro atoms. The molecule has 0 radical (unpaired) electrons. The number of carbonyl (C=O) groups excluding carboxylic acids is 1. The highest BCUT2D eigenvalue weighted by atomic mass is 32.1. The van der Waals surface area contributed by atoms with Gasteiger partial charge in [0, 0.05) is 11.8 Å². The topological polar surface area (TPSA) is 46.1 Å². The van der Waals surface area contributed by atoms with E-state index in [2.05, 4.69) is 9.97 Å². The quantitative estimate of drug-likeness (QED) is 0.380. The van der Waals surface area contributed by atoms with Crippen molar-refractivity contribution in [2.24, 2.45) is 0 Å². The van der Waals surface area contributed by atoms with Crippen molar-refractivity contribution in [2.45, 2.75) is 26.6 Å². The van der Waals surface area contributed by atoms with Gasteiger partial charge in [0.25, 0.3) is 5.91 Å². The Labute approximate surface area is 181 Å². The van der Waals surface area contributed by atoms with Crippen LogP contribution in [0.2, 0.25) is 0 Å². The van der Waals surface area contributed by atoms with Crippen molar-refractivity contribution in [2.75, 3.05) is 4.90 Å². The SMILES string of the molecule is Cc1cc(C)c2nc(N(Cc3ccccn3)C(=O)c3cccc(C(F)(F)F)c3)sc2c1. The van der Waals surface area contributed by atoms with Crippen molar-refractivity contribution < 1.29 is 18.0 Å². The molecule has 4 nitrogen and oxygen atoms in total. The highest BCUT2D eigenvalue weighted by Crippen LogP contribution is 2.34. The Kier molecular flexibility index (Phi) is 5.49. The maximum atomic E-state index is 13.4. The van der Waals surface area contributed by atoms with E-state index in [0.717, 1.165) is 33.5 Å². The van der Waals surface area contributed by atoms with Gasteiger partial charge in [0.1, 0.15) is 0 Å². The number of thiazole rings is 1. The number of halogens is 3. The van der Waals surface area contributed by atoms with Gasteiger partial charge in [-0.3, -0.25) is 14.7 Å². The maximum Gasteiger partial charge on any atom is 0.416 e. The Balaban J connectivity index is 1.80. The zero-order valence-electron chi connectivity index (χ0n) is 16.8. The van der Waals surface area contributed by atoms with E-state index < -0.39 is 17.6 Å². The molecule has 0 bridgehead atoms. The van der Waals surface area contributed by atoms with Gasteiger partial charge in [-0.2, -0.15) is 13.2 Å². The lowest BCUT2D eigenvalue weighted by Crippen LogP contribution is -2.31. The summed E-state index contributed by atoms with van der Waals surface area (Å²) in [5.74, 6) is -0.565. The molecular weight excluding hydrogens is 423 g/mol. The molecule has 4 rings (SSSR count). The number of anilines is 1. The van der Waals surface area contributed by atoms with E-state index in [-0.39, 0.29) is 12.1 Å². The Morgan fingerprint density at radius 1 is 1.06 bits per heavy atom. The van der Waals surface area contributed by atoms with Crippen molar-refractivity contribution in [3.05, 3.63) is 88.7 Å². The number of fused-ring (bicyclic) bond motifs is 1. The summed E-state index contributed by atoms with van der Waals surface area (Å²) in [6.45, 7) is 4.01. The van der Waals surface area contributed by atoms with Gasteiger partial charge in [0.15, 0.2) is 5.13 Å². The van der Waals surface area contributed by atoms with Gasteiger partial charge in [0.2, 0.25) is 0 Å². The van der Waals surface area contributed by atoms with Crippen LogP contribution in [0.15, 0.2) is 60.8 Å². The van der Waals surface area contributed by atoms with Crippen molar-refractivity contribution in [1.82, 2.24) is 9.97 Å². The van der Waals surface area contributed by atoms with E-state index in [9.17, 15) is 18.0 Å². The molecule has 0 aliphatic heterocycles. The molecule has 2 heterocycles. The van der Waals surface area contributed by atoms with Gasteiger partial charge in [-0.05, 0) is 61.4 Å². The van der Waals surface area contributed by atoms with Gasteiger partial charge in [-0.15, -0.1) is 0 Å². The second kappa shape index (κ2) is 8.11. The molecule has 0 aliphatic rings. The van der Waals surface area contributed by atoms with Crippen LogP contribution in [-0.4, -0.2) is 15.9 Å². The number of nitrogens with zero attached hydrogens (tertiary/aromatic N) is 3. The Hall–Kier alpha value is -3.26. The number of amides is 1. The number of aryl methyl sites for hydroxylation is 2. The average molecular weight is 441 g/mol. The van der Waals surface area contributed by atoms with Crippen molar-refractivity contribution in [3.63, 3.8) is 0 Å². The molecule has 31 heavy (non-hydrogen) atoms. The van der Waals surface area contributed by atoms with Crippen LogP contribution in [0.3, 0.4) is 0 Å². The molecule has 0 N–H and O–H groups in total. The number of rotatable bonds is 4. The molecule has 0 fully saturated rings. The van der Waals surface area contributed by atoms with Crippen molar-refractivity contribution >= 4 is 32.6 Å². The van der Waals surface area contributed by atoms with Gasteiger partial charge < -0.3 is 0 Å². The van der Waals surface area contributed by atoms with Gasteiger partial charge in [-0.25, -0.2) is 4.98 Å². The summed E-state index contributed by atoms with van der Waals surface area (Å²) >= 11 is 1.33. The van der Waals surface area contributed by atoms with Crippen LogP contribution >= 0.6 is 11.3 Å². The highest BCUT2D eigenvalue weighted by Gasteiger charge is 2.32. The molecule has 8 heteroatoms. The molecule has 158 valence electrons. The first-order chi connectivity index (χ1) is 14.7. The number of hydrogen-bond donors (Lipinski definition) is 0. The normalized spacial score (nSPS) is 11.6.